The summed E-state index contributed by atoms with van der Waals surface area (Å²) in [5, 5.41) is 8.96. The van der Waals surface area contributed by atoms with E-state index in [9.17, 15) is 0 Å². The maximum atomic E-state index is 8.96. The van der Waals surface area contributed by atoms with Crippen LogP contribution in [0.2, 0.25) is 0 Å². The Morgan fingerprint density at radius 3 is 2.72 bits per heavy atom. The summed E-state index contributed by atoms with van der Waals surface area (Å²) in [6.07, 6.45) is 8.44. The average molecular weight is 245 g/mol. The van der Waals surface area contributed by atoms with Gasteiger partial charge < -0.3 is 10.5 Å². The first-order valence-corrected chi connectivity index (χ1v) is 6.50. The fraction of sp³-hybridized carbons (Fsp3) is 0.571. The molecule has 0 atom stereocenters. The van der Waals surface area contributed by atoms with Crippen LogP contribution < -0.4 is 10.5 Å². The number of nitrogens with two attached hydrogens (primary N) is 1. The zero-order valence-corrected chi connectivity index (χ0v) is 10.6. The number of ether oxygens (including phenoxy) is 1. The van der Waals surface area contributed by atoms with Crippen molar-refractivity contribution in [1.82, 2.24) is 4.98 Å². The van der Waals surface area contributed by atoms with E-state index in [4.69, 9.17) is 15.7 Å². The van der Waals surface area contributed by atoms with Crippen LogP contribution in [0.1, 0.15) is 44.1 Å². The molecule has 0 aromatic carbocycles. The van der Waals surface area contributed by atoms with E-state index in [1.54, 1.807) is 18.3 Å². The highest BCUT2D eigenvalue weighted by atomic mass is 16.5. The summed E-state index contributed by atoms with van der Waals surface area (Å²) in [5.41, 5.74) is 6.57. The predicted octanol–water partition coefficient (Wildman–Crippen LogP) is 2.38. The van der Waals surface area contributed by atoms with Gasteiger partial charge in [-0.25, -0.2) is 4.98 Å². The van der Waals surface area contributed by atoms with Gasteiger partial charge in [0.2, 0.25) is 5.88 Å². The Hall–Kier alpha value is -1.60. The van der Waals surface area contributed by atoms with Crippen LogP contribution in [0.25, 0.3) is 0 Å². The summed E-state index contributed by atoms with van der Waals surface area (Å²) in [6, 6.07) is 5.52. The second kappa shape index (κ2) is 5.83. The van der Waals surface area contributed by atoms with E-state index in [0.29, 0.717) is 18.1 Å². The van der Waals surface area contributed by atoms with E-state index in [-0.39, 0.29) is 5.54 Å². The van der Waals surface area contributed by atoms with Gasteiger partial charge in [-0.05, 0) is 25.0 Å². The smallest absolute Gasteiger partial charge is 0.231 e. The molecular weight excluding hydrogens is 226 g/mol. The minimum absolute atomic E-state index is 0.263. The van der Waals surface area contributed by atoms with Gasteiger partial charge in [-0.2, -0.15) is 5.26 Å². The molecule has 1 aromatic heterocycles. The van der Waals surface area contributed by atoms with Crippen molar-refractivity contribution in [2.24, 2.45) is 5.73 Å². The number of aromatic nitrogens is 1. The predicted molar refractivity (Wildman–Crippen MR) is 69.1 cm³/mol. The molecule has 1 aliphatic carbocycles. The second-order valence-corrected chi connectivity index (χ2v) is 5.03. The van der Waals surface area contributed by atoms with Gasteiger partial charge in [0.25, 0.3) is 0 Å². The second-order valence-electron chi connectivity index (χ2n) is 5.03. The molecule has 2 rings (SSSR count). The van der Waals surface area contributed by atoms with Gasteiger partial charge in [0, 0.05) is 6.20 Å². The van der Waals surface area contributed by atoms with Gasteiger partial charge in [-0.3, -0.25) is 0 Å². The van der Waals surface area contributed by atoms with Crippen LogP contribution in [0, 0.1) is 11.3 Å². The molecule has 0 aliphatic heterocycles. The molecule has 4 heteroatoms. The highest BCUT2D eigenvalue weighted by Crippen LogP contribution is 2.26. The molecule has 1 aliphatic rings. The molecule has 96 valence electrons. The molecular formula is C14H19N3O. The summed E-state index contributed by atoms with van der Waals surface area (Å²) >= 11 is 0. The maximum absolute atomic E-state index is 8.96. The van der Waals surface area contributed by atoms with Gasteiger partial charge >= 0.3 is 0 Å². The standard InChI is InChI=1S/C14H19N3O/c15-10-12-6-5-9-17-13(12)18-11-14(16)7-3-1-2-4-8-14/h5-6,9H,1-4,7-8,11,16H2. The van der Waals surface area contributed by atoms with Crippen LogP contribution in [-0.4, -0.2) is 17.1 Å². The number of nitriles is 1. The molecule has 2 N–H and O–H groups in total. The lowest BCUT2D eigenvalue weighted by atomic mass is 9.93. The number of hydrogen-bond acceptors (Lipinski definition) is 4. The number of rotatable bonds is 3. The Balaban J connectivity index is 2.00. The number of hydrogen-bond donors (Lipinski definition) is 1. The van der Waals surface area contributed by atoms with E-state index >= 15 is 0 Å². The molecule has 18 heavy (non-hydrogen) atoms. The van der Waals surface area contributed by atoms with Crippen LogP contribution >= 0.6 is 0 Å². The zero-order valence-electron chi connectivity index (χ0n) is 10.6. The normalized spacial score (nSPS) is 18.7. The van der Waals surface area contributed by atoms with Crippen LogP contribution in [0.4, 0.5) is 0 Å². The molecule has 1 fully saturated rings. The molecule has 0 spiro atoms. The van der Waals surface area contributed by atoms with Gasteiger partial charge in [-0.15, -0.1) is 0 Å². The zero-order chi connectivity index (χ0) is 12.8. The van der Waals surface area contributed by atoms with Crippen molar-refractivity contribution in [2.75, 3.05) is 6.61 Å². The highest BCUT2D eigenvalue weighted by Gasteiger charge is 2.27. The Kier molecular flexibility index (Phi) is 4.16. The van der Waals surface area contributed by atoms with E-state index in [1.807, 2.05) is 0 Å². The lowest BCUT2D eigenvalue weighted by Gasteiger charge is -2.27. The molecule has 0 amide bonds. The minimum Gasteiger partial charge on any atom is -0.475 e. The van der Waals surface area contributed by atoms with E-state index in [1.165, 1.54) is 12.8 Å². The number of pyridine rings is 1. The third-order valence-electron chi connectivity index (χ3n) is 3.49. The molecule has 4 nitrogen and oxygen atoms in total. The van der Waals surface area contributed by atoms with Crippen LogP contribution in [0.3, 0.4) is 0 Å². The van der Waals surface area contributed by atoms with Crippen LogP contribution in [-0.2, 0) is 0 Å². The first-order valence-electron chi connectivity index (χ1n) is 6.50. The molecule has 1 saturated carbocycles. The van der Waals surface area contributed by atoms with Crippen molar-refractivity contribution < 1.29 is 4.74 Å². The number of nitrogens with zero attached hydrogens (tertiary/aromatic N) is 2. The van der Waals surface area contributed by atoms with Crippen molar-refractivity contribution in [3.8, 4) is 11.9 Å². The summed E-state index contributed by atoms with van der Waals surface area (Å²) in [4.78, 5) is 4.09. The van der Waals surface area contributed by atoms with Crippen LogP contribution in [0.5, 0.6) is 5.88 Å². The monoisotopic (exact) mass is 245 g/mol. The first kappa shape index (κ1) is 12.8. The minimum atomic E-state index is -0.263. The lowest BCUT2D eigenvalue weighted by molar-refractivity contribution is 0.193. The molecule has 0 saturated heterocycles. The Morgan fingerprint density at radius 1 is 1.33 bits per heavy atom. The van der Waals surface area contributed by atoms with Gasteiger partial charge in [-0.1, -0.05) is 25.7 Å². The largest absolute Gasteiger partial charge is 0.475 e. The quantitative estimate of drug-likeness (QED) is 0.830. The topological polar surface area (TPSA) is 71.9 Å². The van der Waals surface area contributed by atoms with Crippen molar-refractivity contribution in [2.45, 2.75) is 44.1 Å². The van der Waals surface area contributed by atoms with Gasteiger partial charge in [0.05, 0.1) is 5.54 Å². The molecule has 0 radical (unpaired) electrons. The Morgan fingerprint density at radius 2 is 2.06 bits per heavy atom. The average Bonchev–Trinajstić information content (AvgIpc) is 2.62. The van der Waals surface area contributed by atoms with E-state index < -0.39 is 0 Å². The maximum Gasteiger partial charge on any atom is 0.231 e. The summed E-state index contributed by atoms with van der Waals surface area (Å²) in [6.45, 7) is 0.443. The fourth-order valence-electron chi connectivity index (χ4n) is 2.38. The summed E-state index contributed by atoms with van der Waals surface area (Å²) in [7, 11) is 0. The molecule has 0 bridgehead atoms. The van der Waals surface area contributed by atoms with Crippen molar-refractivity contribution in [1.29, 1.82) is 5.26 Å². The lowest BCUT2D eigenvalue weighted by Crippen LogP contribution is -2.45. The molecule has 0 unspecified atom stereocenters. The van der Waals surface area contributed by atoms with Gasteiger partial charge in [0.15, 0.2) is 0 Å². The Labute approximate surface area is 108 Å². The summed E-state index contributed by atoms with van der Waals surface area (Å²) in [5.74, 6) is 0.397. The summed E-state index contributed by atoms with van der Waals surface area (Å²) < 4.78 is 5.67. The van der Waals surface area contributed by atoms with E-state index in [0.717, 1.165) is 25.7 Å². The van der Waals surface area contributed by atoms with Crippen molar-refractivity contribution in [3.63, 3.8) is 0 Å². The fourth-order valence-corrected chi connectivity index (χ4v) is 2.38. The third-order valence-corrected chi connectivity index (χ3v) is 3.49. The Bertz CT molecular complexity index is 431. The van der Waals surface area contributed by atoms with E-state index in [2.05, 4.69) is 11.1 Å². The highest BCUT2D eigenvalue weighted by molar-refractivity contribution is 5.37. The SMILES string of the molecule is N#Cc1cccnc1OCC1(N)CCCCCC1. The molecule has 1 aromatic rings. The third kappa shape index (κ3) is 3.21. The van der Waals surface area contributed by atoms with Crippen molar-refractivity contribution >= 4 is 0 Å². The first-order chi connectivity index (χ1) is 8.73. The van der Waals surface area contributed by atoms with Gasteiger partial charge in [0.1, 0.15) is 18.2 Å². The molecule has 1 heterocycles. The van der Waals surface area contributed by atoms with Crippen LogP contribution in [0.15, 0.2) is 18.3 Å². The van der Waals surface area contributed by atoms with Crippen molar-refractivity contribution in [3.05, 3.63) is 23.9 Å².